The zero-order valence-corrected chi connectivity index (χ0v) is 12.0. The summed E-state index contributed by atoms with van der Waals surface area (Å²) in [6, 6.07) is 5.65. The summed E-state index contributed by atoms with van der Waals surface area (Å²) in [5.74, 6) is -0.321. The van der Waals surface area contributed by atoms with Crippen LogP contribution in [-0.2, 0) is 16.1 Å². The lowest BCUT2D eigenvalue weighted by molar-refractivity contribution is -0.124. The molecule has 112 valence electrons. The van der Waals surface area contributed by atoms with Gasteiger partial charge < -0.3 is 15.8 Å². The number of halogens is 2. The van der Waals surface area contributed by atoms with Crippen molar-refractivity contribution in [3.8, 4) is 0 Å². The number of hydrogen-bond acceptors (Lipinski definition) is 3. The predicted octanol–water partition coefficient (Wildman–Crippen LogP) is 1.62. The highest BCUT2D eigenvalue weighted by Crippen LogP contribution is 2.17. The molecule has 1 heterocycles. The van der Waals surface area contributed by atoms with Gasteiger partial charge in [-0.3, -0.25) is 4.79 Å². The molecule has 6 heteroatoms. The standard InChI is InChI=1S/C14H19FN2O2.ClH/c15-12-3-1-2-10(8-12)9-17-14(18)13(16)11-4-6-19-7-5-11;/h1-3,8,11,13H,4-7,9,16H2,(H,17,18);1H. The first-order chi connectivity index (χ1) is 9.16. The molecule has 0 saturated carbocycles. The normalized spacial score (nSPS) is 17.1. The van der Waals surface area contributed by atoms with Crippen molar-refractivity contribution >= 4 is 18.3 Å². The van der Waals surface area contributed by atoms with E-state index in [4.69, 9.17) is 10.5 Å². The molecule has 1 fully saturated rings. The third kappa shape index (κ3) is 4.74. The minimum atomic E-state index is -0.516. The zero-order valence-electron chi connectivity index (χ0n) is 11.2. The third-order valence-corrected chi connectivity index (χ3v) is 3.43. The van der Waals surface area contributed by atoms with Crippen LogP contribution in [0.4, 0.5) is 4.39 Å². The van der Waals surface area contributed by atoms with Crippen LogP contribution in [-0.4, -0.2) is 25.2 Å². The van der Waals surface area contributed by atoms with E-state index in [1.807, 2.05) is 0 Å². The van der Waals surface area contributed by atoms with Gasteiger partial charge in [0.25, 0.3) is 0 Å². The van der Waals surface area contributed by atoms with Crippen LogP contribution in [0.5, 0.6) is 0 Å². The van der Waals surface area contributed by atoms with Gasteiger partial charge in [-0.25, -0.2) is 4.39 Å². The Kier molecular flexibility index (Phi) is 6.91. The summed E-state index contributed by atoms with van der Waals surface area (Å²) in [6.45, 7) is 1.62. The summed E-state index contributed by atoms with van der Waals surface area (Å²) in [5.41, 5.74) is 6.67. The Hall–Kier alpha value is -1.17. The van der Waals surface area contributed by atoms with E-state index < -0.39 is 6.04 Å². The number of amides is 1. The Balaban J connectivity index is 0.00000200. The van der Waals surface area contributed by atoms with E-state index in [2.05, 4.69) is 5.32 Å². The van der Waals surface area contributed by atoms with Crippen molar-refractivity contribution in [2.75, 3.05) is 13.2 Å². The van der Waals surface area contributed by atoms with Crippen molar-refractivity contribution in [1.82, 2.24) is 5.32 Å². The van der Waals surface area contributed by atoms with Crippen molar-refractivity contribution in [1.29, 1.82) is 0 Å². The van der Waals surface area contributed by atoms with Crippen LogP contribution in [0.15, 0.2) is 24.3 Å². The SMILES string of the molecule is Cl.NC(C(=O)NCc1cccc(F)c1)C1CCOCC1. The molecule has 0 aliphatic carbocycles. The monoisotopic (exact) mass is 302 g/mol. The molecule has 1 amide bonds. The number of ether oxygens (including phenoxy) is 1. The van der Waals surface area contributed by atoms with Crippen LogP contribution in [0, 0.1) is 11.7 Å². The second kappa shape index (κ2) is 8.19. The van der Waals surface area contributed by atoms with Crippen LogP contribution in [0.25, 0.3) is 0 Å². The maximum absolute atomic E-state index is 13.0. The van der Waals surface area contributed by atoms with Gasteiger partial charge in [-0.15, -0.1) is 12.4 Å². The molecule has 0 aromatic heterocycles. The van der Waals surface area contributed by atoms with Gasteiger partial charge in [-0.1, -0.05) is 12.1 Å². The van der Waals surface area contributed by atoms with Crippen molar-refractivity contribution in [3.05, 3.63) is 35.6 Å². The molecular weight excluding hydrogens is 283 g/mol. The second-order valence-electron chi connectivity index (χ2n) is 4.82. The smallest absolute Gasteiger partial charge is 0.237 e. The number of rotatable bonds is 4. The van der Waals surface area contributed by atoms with Gasteiger partial charge in [0.15, 0.2) is 0 Å². The number of nitrogens with one attached hydrogen (secondary N) is 1. The third-order valence-electron chi connectivity index (χ3n) is 3.43. The maximum atomic E-state index is 13.0. The summed E-state index contributed by atoms with van der Waals surface area (Å²) in [7, 11) is 0. The fourth-order valence-corrected chi connectivity index (χ4v) is 2.24. The molecule has 1 aromatic carbocycles. The van der Waals surface area contributed by atoms with Gasteiger partial charge in [-0.05, 0) is 36.5 Å². The number of benzene rings is 1. The second-order valence-corrected chi connectivity index (χ2v) is 4.82. The van der Waals surface area contributed by atoms with E-state index in [-0.39, 0.29) is 30.0 Å². The lowest BCUT2D eigenvalue weighted by Crippen LogP contribution is -2.46. The van der Waals surface area contributed by atoms with Crippen LogP contribution in [0.2, 0.25) is 0 Å². The highest BCUT2D eigenvalue weighted by Gasteiger charge is 2.26. The Morgan fingerprint density at radius 3 is 2.80 bits per heavy atom. The molecule has 1 unspecified atom stereocenters. The number of carbonyl (C=O) groups excluding carboxylic acids is 1. The summed E-state index contributed by atoms with van der Waals surface area (Å²) in [6.07, 6.45) is 1.63. The van der Waals surface area contributed by atoms with E-state index in [9.17, 15) is 9.18 Å². The van der Waals surface area contributed by atoms with E-state index in [1.54, 1.807) is 12.1 Å². The molecule has 1 atom stereocenters. The number of hydrogen-bond donors (Lipinski definition) is 2. The topological polar surface area (TPSA) is 64.4 Å². The lowest BCUT2D eigenvalue weighted by atomic mass is 9.92. The van der Waals surface area contributed by atoms with Crippen molar-refractivity contribution in [3.63, 3.8) is 0 Å². The average molecular weight is 303 g/mol. The van der Waals surface area contributed by atoms with E-state index in [1.165, 1.54) is 12.1 Å². The molecule has 1 saturated heterocycles. The lowest BCUT2D eigenvalue weighted by Gasteiger charge is -2.26. The quantitative estimate of drug-likeness (QED) is 0.888. The van der Waals surface area contributed by atoms with Gasteiger partial charge in [0.05, 0.1) is 6.04 Å². The summed E-state index contributed by atoms with van der Waals surface area (Å²) in [5, 5.41) is 2.75. The van der Waals surface area contributed by atoms with Gasteiger partial charge in [0.2, 0.25) is 5.91 Å². The molecule has 3 N–H and O–H groups in total. The molecule has 1 aliphatic rings. The van der Waals surface area contributed by atoms with Gasteiger partial charge in [-0.2, -0.15) is 0 Å². The highest BCUT2D eigenvalue weighted by molar-refractivity contribution is 5.85. The van der Waals surface area contributed by atoms with E-state index in [0.717, 1.165) is 18.4 Å². The Morgan fingerprint density at radius 1 is 1.45 bits per heavy atom. The summed E-state index contributed by atoms with van der Waals surface area (Å²) >= 11 is 0. The first kappa shape index (κ1) is 16.9. The van der Waals surface area contributed by atoms with Crippen LogP contribution >= 0.6 is 12.4 Å². The molecule has 4 nitrogen and oxygen atoms in total. The predicted molar refractivity (Wildman–Crippen MR) is 77.0 cm³/mol. The molecule has 1 aliphatic heterocycles. The largest absolute Gasteiger partial charge is 0.381 e. The molecule has 20 heavy (non-hydrogen) atoms. The Labute approximate surface area is 124 Å². The van der Waals surface area contributed by atoms with Crippen molar-refractivity contribution in [2.24, 2.45) is 11.7 Å². The first-order valence-corrected chi connectivity index (χ1v) is 6.52. The van der Waals surface area contributed by atoms with E-state index >= 15 is 0 Å². The van der Waals surface area contributed by atoms with E-state index in [0.29, 0.717) is 19.8 Å². The van der Waals surface area contributed by atoms with Crippen molar-refractivity contribution < 1.29 is 13.9 Å². The molecular formula is C14H20ClFN2O2. The Morgan fingerprint density at radius 2 is 2.15 bits per heavy atom. The highest BCUT2D eigenvalue weighted by atomic mass is 35.5. The van der Waals surface area contributed by atoms with Crippen LogP contribution in [0.3, 0.4) is 0 Å². The molecule has 0 radical (unpaired) electrons. The van der Waals surface area contributed by atoms with Gasteiger partial charge in [0.1, 0.15) is 5.82 Å². The summed E-state index contributed by atoms with van der Waals surface area (Å²) < 4.78 is 18.2. The maximum Gasteiger partial charge on any atom is 0.237 e. The molecule has 1 aromatic rings. The fourth-order valence-electron chi connectivity index (χ4n) is 2.24. The minimum absolute atomic E-state index is 0. The fraction of sp³-hybridized carbons (Fsp3) is 0.500. The first-order valence-electron chi connectivity index (χ1n) is 6.52. The van der Waals surface area contributed by atoms with Crippen molar-refractivity contribution in [2.45, 2.75) is 25.4 Å². The average Bonchev–Trinajstić information content (AvgIpc) is 2.45. The molecule has 0 spiro atoms. The Bertz CT molecular complexity index is 439. The van der Waals surface area contributed by atoms with Gasteiger partial charge in [0, 0.05) is 19.8 Å². The molecule has 0 bridgehead atoms. The van der Waals surface area contributed by atoms with Gasteiger partial charge >= 0.3 is 0 Å². The summed E-state index contributed by atoms with van der Waals surface area (Å²) in [4.78, 5) is 11.9. The molecule has 2 rings (SSSR count). The minimum Gasteiger partial charge on any atom is -0.381 e. The number of nitrogens with two attached hydrogens (primary N) is 1. The van der Waals surface area contributed by atoms with Crippen LogP contribution < -0.4 is 11.1 Å². The number of carbonyl (C=O) groups is 1. The van der Waals surface area contributed by atoms with Crippen LogP contribution in [0.1, 0.15) is 18.4 Å². The zero-order chi connectivity index (χ0) is 13.7.